The van der Waals surface area contributed by atoms with E-state index in [4.69, 9.17) is 5.84 Å². The van der Waals surface area contributed by atoms with Crippen molar-refractivity contribution in [2.45, 2.75) is 0 Å². The van der Waals surface area contributed by atoms with Crippen LogP contribution >= 0.6 is 0 Å². The normalized spacial score (nSPS) is 10.3. The second-order valence-electron chi connectivity index (χ2n) is 2.39. The molecule has 0 saturated heterocycles. The number of rotatable bonds is 1. The van der Waals surface area contributed by atoms with Crippen LogP contribution in [-0.4, -0.2) is 13.8 Å². The maximum atomic E-state index is 11.0. The maximum absolute atomic E-state index is 11.0. The Morgan fingerprint density at radius 1 is 1.33 bits per heavy atom. The van der Waals surface area contributed by atoms with Gasteiger partial charge in [0.05, 0.1) is 0 Å². The Kier molecular flexibility index (Phi) is 2.58. The van der Waals surface area contributed by atoms with Gasteiger partial charge in [-0.25, -0.2) is 0 Å². The third kappa shape index (κ3) is 1.92. The van der Waals surface area contributed by atoms with Gasteiger partial charge in [-0.15, -0.1) is 0 Å². The average molecular weight is 161 g/mol. The standard InChI is InChI=1S/C7H8BN3O/c8-6-3-1-5(2-4-6)7(12)10-11-9/h1-4H,8H2,(H2,9,10,12). The monoisotopic (exact) mass is 161 g/mol. The summed E-state index contributed by atoms with van der Waals surface area (Å²) in [5.74, 6) is 4.32. The second-order valence-corrected chi connectivity index (χ2v) is 2.39. The SMILES string of the molecule is Bc1ccc(C(=O)N=NN)cc1. The van der Waals surface area contributed by atoms with Crippen molar-refractivity contribution in [2.75, 3.05) is 0 Å². The first kappa shape index (κ1) is 8.45. The summed E-state index contributed by atoms with van der Waals surface area (Å²) < 4.78 is 0. The van der Waals surface area contributed by atoms with Crippen LogP contribution in [0.1, 0.15) is 10.4 Å². The molecule has 0 radical (unpaired) electrons. The molecule has 0 aliphatic heterocycles. The van der Waals surface area contributed by atoms with Gasteiger partial charge in [-0.05, 0) is 12.1 Å². The van der Waals surface area contributed by atoms with E-state index >= 15 is 0 Å². The zero-order chi connectivity index (χ0) is 8.97. The predicted molar refractivity (Wildman–Crippen MR) is 48.0 cm³/mol. The van der Waals surface area contributed by atoms with Crippen molar-refractivity contribution in [3.8, 4) is 0 Å². The highest BCUT2D eigenvalue weighted by molar-refractivity contribution is 6.32. The van der Waals surface area contributed by atoms with Crippen LogP contribution in [0.25, 0.3) is 0 Å². The van der Waals surface area contributed by atoms with Crippen molar-refractivity contribution in [3.05, 3.63) is 29.8 Å². The molecule has 1 aromatic carbocycles. The molecular weight excluding hydrogens is 153 g/mol. The molecule has 4 nitrogen and oxygen atoms in total. The molecule has 0 fully saturated rings. The lowest BCUT2D eigenvalue weighted by molar-refractivity contribution is 0.0993. The van der Waals surface area contributed by atoms with Gasteiger partial charge in [0.25, 0.3) is 5.91 Å². The highest BCUT2D eigenvalue weighted by Gasteiger charge is 2.01. The van der Waals surface area contributed by atoms with Gasteiger partial charge in [-0.3, -0.25) is 4.79 Å². The largest absolute Gasteiger partial charge is 0.304 e. The third-order valence-electron chi connectivity index (χ3n) is 1.45. The summed E-state index contributed by atoms with van der Waals surface area (Å²) in [4.78, 5) is 11.0. The second kappa shape index (κ2) is 3.66. The Balaban J connectivity index is 2.90. The van der Waals surface area contributed by atoms with Crippen LogP contribution in [0, 0.1) is 0 Å². The smallest absolute Gasteiger partial charge is 0.297 e. The van der Waals surface area contributed by atoms with Crippen LogP contribution in [0.15, 0.2) is 34.6 Å². The molecule has 1 rings (SSSR count). The Bertz CT molecular complexity index is 307. The molecule has 1 amide bonds. The van der Waals surface area contributed by atoms with Crippen molar-refractivity contribution in [1.82, 2.24) is 0 Å². The van der Waals surface area contributed by atoms with Crippen LogP contribution in [0.3, 0.4) is 0 Å². The number of nitrogens with two attached hydrogens (primary N) is 1. The molecule has 60 valence electrons. The Labute approximate surface area is 70.9 Å². The number of carbonyl (C=O) groups is 1. The average Bonchev–Trinajstić information content (AvgIpc) is 2.06. The van der Waals surface area contributed by atoms with Gasteiger partial charge in [0.15, 0.2) is 0 Å². The van der Waals surface area contributed by atoms with Gasteiger partial charge >= 0.3 is 0 Å². The minimum Gasteiger partial charge on any atom is -0.304 e. The molecule has 1 aromatic rings. The molecule has 0 bridgehead atoms. The molecule has 5 heteroatoms. The minimum atomic E-state index is -0.419. The summed E-state index contributed by atoms with van der Waals surface area (Å²) in [6, 6.07) is 7.04. The van der Waals surface area contributed by atoms with Crippen LogP contribution in [0.4, 0.5) is 0 Å². The summed E-state index contributed by atoms with van der Waals surface area (Å²) in [7, 11) is 1.94. The van der Waals surface area contributed by atoms with Gasteiger partial charge in [0, 0.05) is 5.56 Å². The van der Waals surface area contributed by atoms with Crippen molar-refractivity contribution in [3.63, 3.8) is 0 Å². The van der Waals surface area contributed by atoms with Crippen LogP contribution in [0.2, 0.25) is 0 Å². The van der Waals surface area contributed by atoms with Gasteiger partial charge < -0.3 is 5.84 Å². The molecule has 0 atom stereocenters. The van der Waals surface area contributed by atoms with Crippen LogP contribution < -0.4 is 11.3 Å². The Morgan fingerprint density at radius 2 is 1.92 bits per heavy atom. The summed E-state index contributed by atoms with van der Waals surface area (Å²) >= 11 is 0. The molecule has 0 heterocycles. The van der Waals surface area contributed by atoms with Crippen LogP contribution in [0.5, 0.6) is 0 Å². The van der Waals surface area contributed by atoms with E-state index in [9.17, 15) is 4.79 Å². The van der Waals surface area contributed by atoms with E-state index in [1.54, 1.807) is 12.1 Å². The number of amides is 1. The van der Waals surface area contributed by atoms with E-state index in [0.29, 0.717) is 5.56 Å². The molecule has 0 saturated carbocycles. The zero-order valence-electron chi connectivity index (χ0n) is 6.69. The quantitative estimate of drug-likeness (QED) is 0.259. The Hall–Kier alpha value is -1.65. The molecule has 2 N–H and O–H groups in total. The predicted octanol–water partition coefficient (Wildman–Crippen LogP) is -0.589. The highest BCUT2D eigenvalue weighted by atomic mass is 16.1. The van der Waals surface area contributed by atoms with Crippen molar-refractivity contribution >= 4 is 19.2 Å². The van der Waals surface area contributed by atoms with Gasteiger partial charge in [-0.2, -0.15) is 0 Å². The van der Waals surface area contributed by atoms with Crippen molar-refractivity contribution in [2.24, 2.45) is 16.2 Å². The summed E-state index contributed by atoms with van der Waals surface area (Å²) in [5, 5.41) is 6.10. The van der Waals surface area contributed by atoms with E-state index < -0.39 is 5.91 Å². The van der Waals surface area contributed by atoms with Crippen molar-refractivity contribution in [1.29, 1.82) is 0 Å². The molecule has 12 heavy (non-hydrogen) atoms. The fourth-order valence-corrected chi connectivity index (χ4v) is 0.806. The summed E-state index contributed by atoms with van der Waals surface area (Å²) in [6.45, 7) is 0. The van der Waals surface area contributed by atoms with E-state index in [0.717, 1.165) is 5.46 Å². The van der Waals surface area contributed by atoms with E-state index in [1.807, 2.05) is 20.0 Å². The summed E-state index contributed by atoms with van der Waals surface area (Å²) in [5.41, 5.74) is 1.59. The fourth-order valence-electron chi connectivity index (χ4n) is 0.806. The van der Waals surface area contributed by atoms with Gasteiger partial charge in [0.1, 0.15) is 7.85 Å². The number of hydrogen-bond acceptors (Lipinski definition) is 2. The Morgan fingerprint density at radius 3 is 2.42 bits per heavy atom. The maximum Gasteiger partial charge on any atom is 0.297 e. The first-order valence-corrected chi connectivity index (χ1v) is 3.46. The number of carbonyl (C=O) groups excluding carboxylic acids is 1. The fraction of sp³-hybridized carbons (Fsp3) is 0. The van der Waals surface area contributed by atoms with E-state index in [1.165, 1.54) is 0 Å². The minimum absolute atomic E-state index is 0.419. The molecule has 0 aliphatic rings. The van der Waals surface area contributed by atoms with Crippen LogP contribution in [-0.2, 0) is 0 Å². The van der Waals surface area contributed by atoms with Crippen molar-refractivity contribution < 1.29 is 4.79 Å². The lowest BCUT2D eigenvalue weighted by Gasteiger charge is -1.93. The first-order chi connectivity index (χ1) is 5.74. The van der Waals surface area contributed by atoms with Gasteiger partial charge in [-0.1, -0.05) is 27.9 Å². The molecule has 0 unspecified atom stereocenters. The molecule has 0 aromatic heterocycles. The summed E-state index contributed by atoms with van der Waals surface area (Å²) in [6.07, 6.45) is 0. The lowest BCUT2D eigenvalue weighted by Crippen LogP contribution is -2.03. The molecule has 0 spiro atoms. The number of hydrogen-bond donors (Lipinski definition) is 1. The van der Waals surface area contributed by atoms with E-state index in [-0.39, 0.29) is 0 Å². The highest BCUT2D eigenvalue weighted by Crippen LogP contribution is 1.98. The van der Waals surface area contributed by atoms with E-state index in [2.05, 4.69) is 10.3 Å². The molecular formula is C7H8BN3O. The lowest BCUT2D eigenvalue weighted by atomic mass is 9.95. The third-order valence-corrected chi connectivity index (χ3v) is 1.45. The first-order valence-electron chi connectivity index (χ1n) is 3.46. The number of benzene rings is 1. The zero-order valence-corrected chi connectivity index (χ0v) is 6.69. The topological polar surface area (TPSA) is 67.8 Å². The number of nitrogens with zero attached hydrogens (tertiary/aromatic N) is 2. The van der Waals surface area contributed by atoms with Gasteiger partial charge in [0.2, 0.25) is 0 Å². The molecule has 0 aliphatic carbocycles.